The summed E-state index contributed by atoms with van der Waals surface area (Å²) in [7, 11) is 0. The van der Waals surface area contributed by atoms with E-state index < -0.39 is 27.9 Å². The van der Waals surface area contributed by atoms with E-state index >= 15 is 0 Å². The molecule has 4 aromatic carbocycles. The fraction of sp³-hybridized carbons (Fsp3) is 0.509. The first-order chi connectivity index (χ1) is 29.8. The van der Waals surface area contributed by atoms with Crippen LogP contribution in [0.3, 0.4) is 0 Å². The van der Waals surface area contributed by atoms with Gasteiger partial charge in [-0.15, -0.1) is 0 Å². The van der Waals surface area contributed by atoms with Gasteiger partial charge in [0.25, 0.3) is 0 Å². The van der Waals surface area contributed by atoms with Gasteiger partial charge >= 0.3 is 5.97 Å². The molecule has 0 radical (unpaired) electrons. The van der Waals surface area contributed by atoms with Gasteiger partial charge < -0.3 is 5.11 Å². The molecule has 0 atom stereocenters. The van der Waals surface area contributed by atoms with Crippen molar-refractivity contribution in [1.82, 2.24) is 0 Å². The number of Topliss-reactive ketones (excluding diaryl/α,β-unsaturated/α-hetero) is 1. The van der Waals surface area contributed by atoms with E-state index in [2.05, 4.69) is 48.5 Å². The summed E-state index contributed by atoms with van der Waals surface area (Å²) in [6.07, 6.45) is 9.71. The molecule has 0 bridgehead atoms. The molecule has 0 saturated carbocycles. The van der Waals surface area contributed by atoms with E-state index in [-0.39, 0.29) is 25.0 Å². The molecule has 0 aromatic heterocycles. The van der Waals surface area contributed by atoms with Crippen molar-refractivity contribution >= 4 is 34.9 Å². The van der Waals surface area contributed by atoms with Crippen molar-refractivity contribution in [3.05, 3.63) is 130 Å². The summed E-state index contributed by atoms with van der Waals surface area (Å²) in [4.78, 5) is 52.4. The molecule has 2 amide bonds. The Labute approximate surface area is 389 Å². The Morgan fingerprint density at radius 1 is 0.516 bits per heavy atom. The Morgan fingerprint density at radius 3 is 1.06 bits per heavy atom. The van der Waals surface area contributed by atoms with Gasteiger partial charge in [0.05, 0.1) is 0 Å². The smallest absolute Gasteiger partial charge is 0.329 e. The van der Waals surface area contributed by atoms with Gasteiger partial charge in [-0.05, 0) is 125 Å². The number of carbonyl (C=O) groups is 4. The fourth-order valence-electron chi connectivity index (χ4n) is 8.48. The van der Waals surface area contributed by atoms with Crippen molar-refractivity contribution < 1.29 is 24.3 Å². The van der Waals surface area contributed by atoms with Crippen LogP contribution in [0.2, 0.25) is 0 Å². The molecule has 7 heteroatoms. The third-order valence-corrected chi connectivity index (χ3v) is 12.0. The van der Waals surface area contributed by atoms with Gasteiger partial charge in [-0.25, -0.2) is 4.79 Å². The molecule has 1 N–H and O–H groups in total. The molecule has 2 heterocycles. The molecule has 4 aromatic rings. The Hall–Kier alpha value is -5.04. The van der Waals surface area contributed by atoms with E-state index in [1.54, 1.807) is 41.0 Å². The first kappa shape index (κ1) is 57.0. The number of carboxylic acids is 1. The van der Waals surface area contributed by atoms with E-state index in [4.69, 9.17) is 0 Å². The predicted molar refractivity (Wildman–Crippen MR) is 272 cm³/mol. The van der Waals surface area contributed by atoms with Gasteiger partial charge in [0.2, 0.25) is 11.8 Å². The maximum Gasteiger partial charge on any atom is 0.329 e. The molecule has 0 unspecified atom stereocenters. The van der Waals surface area contributed by atoms with Crippen LogP contribution in [0.15, 0.2) is 97.1 Å². The lowest BCUT2D eigenvalue weighted by Crippen LogP contribution is -2.59. The lowest BCUT2D eigenvalue weighted by Gasteiger charge is -2.46. The number of fused-ring (bicyclic) bond motifs is 4. The Morgan fingerprint density at radius 2 is 0.781 bits per heavy atom. The number of para-hydroxylation sites is 2. The molecular weight excluding hydrogens is 793 g/mol. The average molecular weight is 877 g/mol. The largest absolute Gasteiger partial charge is 0.480 e. The zero-order chi connectivity index (χ0) is 47.8. The van der Waals surface area contributed by atoms with Crippen LogP contribution in [-0.4, -0.2) is 39.8 Å². The van der Waals surface area contributed by atoms with E-state index in [1.807, 2.05) is 139 Å². The van der Waals surface area contributed by atoms with Crippen LogP contribution in [0.5, 0.6) is 0 Å². The number of carbonyl (C=O) groups excluding carboxylic acids is 3. The minimum Gasteiger partial charge on any atom is -0.480 e. The number of aliphatic carboxylic acids is 1. The molecule has 4 aliphatic rings. The maximum absolute atomic E-state index is 12.9. The highest BCUT2D eigenvalue weighted by Crippen LogP contribution is 2.42. The number of rotatable bonds is 5. The van der Waals surface area contributed by atoms with Crippen molar-refractivity contribution in [2.75, 3.05) is 9.80 Å². The summed E-state index contributed by atoms with van der Waals surface area (Å²) >= 11 is 0. The molecule has 0 spiro atoms. The molecule has 2 aliphatic heterocycles. The Balaban J connectivity index is 0.000000427. The number of hydrogen-bond donors (Lipinski definition) is 1. The molecular formula is C57H84N2O5. The van der Waals surface area contributed by atoms with Crippen molar-refractivity contribution in [2.24, 2.45) is 10.8 Å². The van der Waals surface area contributed by atoms with Crippen molar-refractivity contribution in [3.63, 3.8) is 0 Å². The van der Waals surface area contributed by atoms with Crippen LogP contribution in [0.1, 0.15) is 164 Å². The topological polar surface area (TPSA) is 95.0 Å². The maximum atomic E-state index is 12.9. The SMILES string of the molecule is C.CC.CC.CC.CC1(C)Cc2ccccc2N(C(C)(C)C(=O)O)C1=O.CCC(=O)C(C)(C)N1C(=O)C(C)(C)Cc2ccccc21.c1ccc2c(c1)CCC2.c1ccc2c(c1)CCC2. The van der Waals surface area contributed by atoms with Crippen molar-refractivity contribution in [1.29, 1.82) is 0 Å². The average Bonchev–Trinajstić information content (AvgIpc) is 3.97. The number of hydrogen-bond acceptors (Lipinski definition) is 4. The number of aryl methyl sites for hydroxylation is 4. The lowest BCUT2D eigenvalue weighted by molar-refractivity contribution is -0.145. The highest BCUT2D eigenvalue weighted by molar-refractivity contribution is 6.08. The zero-order valence-electron chi connectivity index (χ0n) is 41.6. The minimum absolute atomic E-state index is 0. The number of amides is 2. The molecule has 2 aliphatic carbocycles. The van der Waals surface area contributed by atoms with E-state index in [9.17, 15) is 24.3 Å². The first-order valence-electron chi connectivity index (χ1n) is 23.6. The second-order valence-electron chi connectivity index (χ2n) is 18.1. The summed E-state index contributed by atoms with van der Waals surface area (Å²) in [5.41, 5.74) is 6.88. The van der Waals surface area contributed by atoms with E-state index in [0.29, 0.717) is 18.5 Å². The number of benzene rings is 4. The Bertz CT molecular complexity index is 2010. The number of carboxylic acid groups (broad SMARTS) is 1. The Kier molecular flexibility index (Phi) is 22.7. The van der Waals surface area contributed by atoms with Gasteiger partial charge in [-0.3, -0.25) is 24.2 Å². The predicted octanol–water partition coefficient (Wildman–Crippen LogP) is 13.9. The first-order valence-corrected chi connectivity index (χ1v) is 23.6. The third kappa shape index (κ3) is 13.5. The molecule has 0 fully saturated rings. The summed E-state index contributed by atoms with van der Waals surface area (Å²) in [6.45, 7) is 28.3. The van der Waals surface area contributed by atoms with Gasteiger partial charge in [-0.2, -0.15) is 0 Å². The normalized spacial score (nSPS) is 15.6. The quantitative estimate of drug-likeness (QED) is 0.215. The van der Waals surface area contributed by atoms with Crippen LogP contribution < -0.4 is 9.80 Å². The van der Waals surface area contributed by atoms with E-state index in [0.717, 1.165) is 23.2 Å². The number of ketones is 1. The number of anilines is 2. The third-order valence-electron chi connectivity index (χ3n) is 12.0. The molecule has 7 nitrogen and oxygen atoms in total. The van der Waals surface area contributed by atoms with Crippen LogP contribution in [0.4, 0.5) is 11.4 Å². The van der Waals surface area contributed by atoms with Gasteiger partial charge in [-0.1, -0.05) is 169 Å². The molecule has 64 heavy (non-hydrogen) atoms. The van der Waals surface area contributed by atoms with Gasteiger partial charge in [0, 0.05) is 28.6 Å². The highest BCUT2D eigenvalue weighted by Gasteiger charge is 2.49. The second kappa shape index (κ2) is 25.4. The minimum atomic E-state index is -1.26. The van der Waals surface area contributed by atoms with Gasteiger partial charge in [0.15, 0.2) is 5.78 Å². The fourth-order valence-corrected chi connectivity index (χ4v) is 8.48. The van der Waals surface area contributed by atoms with Crippen molar-refractivity contribution in [2.45, 2.75) is 180 Å². The van der Waals surface area contributed by atoms with Crippen LogP contribution in [-0.2, 0) is 57.7 Å². The molecule has 8 rings (SSSR count). The summed E-state index contributed by atoms with van der Waals surface area (Å²) < 4.78 is 0. The van der Waals surface area contributed by atoms with Crippen LogP contribution in [0.25, 0.3) is 0 Å². The standard InChI is InChI=1S/C17H23NO2.C15H19NO3.2C9H10.3C2H6.CH4/c1-6-14(19)17(4,5)18-13-10-8-7-9-12(13)11-16(2,3)15(18)20;1-14(2)9-10-7-5-6-8-11(10)16(12(14)17)15(3,4)13(18)19;2*1-2-5-9-7-3-6-8(9)4-1;3*1-2;/h7-10H,6,11H2,1-5H3;5-8H,9H2,1-4H3,(H,18,19);2*1-2,4-5H,3,6-7H2;3*1-2H3;1H4. The van der Waals surface area contributed by atoms with Gasteiger partial charge in [0.1, 0.15) is 11.1 Å². The molecule has 0 saturated heterocycles. The molecule has 352 valence electrons. The lowest BCUT2D eigenvalue weighted by atomic mass is 9.77. The second-order valence-corrected chi connectivity index (χ2v) is 18.1. The summed E-state index contributed by atoms with van der Waals surface area (Å²) in [6, 6.07) is 32.9. The van der Waals surface area contributed by atoms with Crippen LogP contribution in [0, 0.1) is 10.8 Å². The summed E-state index contributed by atoms with van der Waals surface area (Å²) in [5, 5.41) is 9.41. The summed E-state index contributed by atoms with van der Waals surface area (Å²) in [5.74, 6) is -1.03. The number of nitrogens with zero attached hydrogens (tertiary/aromatic N) is 2. The highest BCUT2D eigenvalue weighted by atomic mass is 16.4. The monoisotopic (exact) mass is 877 g/mol. The van der Waals surface area contributed by atoms with E-state index in [1.165, 1.54) is 43.4 Å². The zero-order valence-corrected chi connectivity index (χ0v) is 41.6. The van der Waals surface area contributed by atoms with Crippen LogP contribution >= 0.6 is 0 Å². The van der Waals surface area contributed by atoms with Crippen molar-refractivity contribution in [3.8, 4) is 0 Å².